The van der Waals surface area contributed by atoms with E-state index in [0.717, 1.165) is 37.1 Å². The highest BCUT2D eigenvalue weighted by Crippen LogP contribution is 2.49. The molecule has 2 N–H and O–H groups in total. The van der Waals surface area contributed by atoms with Crippen LogP contribution in [0.25, 0.3) is 10.9 Å². The number of carboxylic acid groups (broad SMARTS) is 1. The van der Waals surface area contributed by atoms with Crippen molar-refractivity contribution in [3.63, 3.8) is 0 Å². The Hall–Kier alpha value is -3.86. The number of carboxylic acids is 1. The average molecular weight is 567 g/mol. The van der Waals surface area contributed by atoms with Gasteiger partial charge in [-0.2, -0.15) is 0 Å². The van der Waals surface area contributed by atoms with E-state index in [1.54, 1.807) is 22.6 Å². The number of fused-ring (bicyclic) bond motifs is 2. The van der Waals surface area contributed by atoms with Crippen LogP contribution in [-0.2, 0) is 11.8 Å². The van der Waals surface area contributed by atoms with E-state index in [9.17, 15) is 19.5 Å². The summed E-state index contributed by atoms with van der Waals surface area (Å²) >= 11 is 5.92. The largest absolute Gasteiger partial charge is 0.476 e. The quantitative estimate of drug-likeness (QED) is 0.427. The normalized spacial score (nSPS) is 22.4. The van der Waals surface area contributed by atoms with Gasteiger partial charge in [0.05, 0.1) is 22.6 Å². The minimum Gasteiger partial charge on any atom is -0.476 e. The Bertz CT molecular complexity index is 1570. The number of aromatic nitrogens is 3. The van der Waals surface area contributed by atoms with E-state index >= 15 is 0 Å². The van der Waals surface area contributed by atoms with Crippen LogP contribution in [0.15, 0.2) is 29.1 Å². The van der Waals surface area contributed by atoms with E-state index in [2.05, 4.69) is 15.2 Å². The van der Waals surface area contributed by atoms with Gasteiger partial charge in [-0.3, -0.25) is 9.36 Å². The average Bonchev–Trinajstić information content (AvgIpc) is 3.31. The van der Waals surface area contributed by atoms with Crippen LogP contribution in [0, 0.1) is 18.8 Å². The molecule has 4 atom stereocenters. The number of aromatic carboxylic acids is 1. The summed E-state index contributed by atoms with van der Waals surface area (Å²) in [6.07, 6.45) is 1.74. The molecular weight excluding hydrogens is 536 g/mol. The molecule has 6 rings (SSSR count). The number of halogens is 1. The third kappa shape index (κ3) is 4.61. The van der Waals surface area contributed by atoms with E-state index in [1.165, 1.54) is 6.07 Å². The van der Waals surface area contributed by atoms with Gasteiger partial charge < -0.3 is 25.0 Å². The highest BCUT2D eigenvalue weighted by molar-refractivity contribution is 6.29. The third-order valence-corrected chi connectivity index (χ3v) is 8.44. The molecule has 1 saturated carbocycles. The van der Waals surface area contributed by atoms with Crippen LogP contribution in [0.1, 0.15) is 47.4 Å². The minimum atomic E-state index is -1.20. The van der Waals surface area contributed by atoms with E-state index in [0.29, 0.717) is 35.6 Å². The van der Waals surface area contributed by atoms with Gasteiger partial charge in [-0.1, -0.05) is 17.7 Å². The van der Waals surface area contributed by atoms with Crippen LogP contribution >= 0.6 is 11.6 Å². The molecule has 0 spiro atoms. The lowest BCUT2D eigenvalue weighted by Gasteiger charge is -2.25. The molecule has 0 radical (unpaired) electrons. The number of nitrogens with one attached hydrogen (secondary N) is 1. The maximum atomic E-state index is 13.5. The zero-order chi connectivity index (χ0) is 28.3. The fourth-order valence-electron chi connectivity index (χ4n) is 6.08. The van der Waals surface area contributed by atoms with Crippen molar-refractivity contribution in [1.29, 1.82) is 0 Å². The molecule has 210 valence electrons. The summed E-state index contributed by atoms with van der Waals surface area (Å²) in [5.41, 5.74) is 2.19. The molecule has 2 aliphatic heterocycles. The number of carbonyl (C=O) groups excluding carboxylic acids is 1. The standard InChI is InChI=1S/C28H31ClN6O5/c1-14-10-16(15(2)30-20-6-7-21(29)31-23(20)26(37)38)22-17(11-14)25(36)33(3)27(32-22)35-12-18-19(13-35)24(18)40-28(39)34-8-4-5-9-34/h6-7,10-11,15,18-19,24,30H,4-5,8-9,12-13H2,1-3H3,(H,37,38)/t15-,18-,19+,24?/m0/s1. The number of benzene rings is 1. The number of anilines is 2. The molecule has 0 bridgehead atoms. The zero-order valence-corrected chi connectivity index (χ0v) is 23.3. The Kier molecular flexibility index (Phi) is 6.56. The lowest BCUT2D eigenvalue weighted by Crippen LogP contribution is -2.35. The van der Waals surface area contributed by atoms with Gasteiger partial charge in [-0.05, 0) is 50.5 Å². The summed E-state index contributed by atoms with van der Waals surface area (Å²) in [5, 5.41) is 13.4. The molecule has 3 aromatic rings. The van der Waals surface area contributed by atoms with Crippen LogP contribution in [0.3, 0.4) is 0 Å². The fourth-order valence-corrected chi connectivity index (χ4v) is 6.23. The first-order valence-corrected chi connectivity index (χ1v) is 13.9. The van der Waals surface area contributed by atoms with Gasteiger partial charge >= 0.3 is 12.1 Å². The van der Waals surface area contributed by atoms with Gasteiger partial charge in [0.1, 0.15) is 11.3 Å². The number of ether oxygens (including phenoxy) is 1. The van der Waals surface area contributed by atoms with Crippen molar-refractivity contribution in [1.82, 2.24) is 19.4 Å². The highest BCUT2D eigenvalue weighted by Gasteiger charge is 2.59. The first-order chi connectivity index (χ1) is 19.1. The van der Waals surface area contributed by atoms with Gasteiger partial charge in [0.15, 0.2) is 5.69 Å². The van der Waals surface area contributed by atoms with Gasteiger partial charge in [-0.25, -0.2) is 19.6 Å². The molecule has 4 heterocycles. The number of nitrogens with zero attached hydrogens (tertiary/aromatic N) is 5. The summed E-state index contributed by atoms with van der Waals surface area (Å²) in [7, 11) is 1.72. The van der Waals surface area contributed by atoms with Crippen LogP contribution in [-0.4, -0.2) is 68.9 Å². The summed E-state index contributed by atoms with van der Waals surface area (Å²) in [6, 6.07) is 6.49. The van der Waals surface area contributed by atoms with Crippen molar-refractivity contribution in [2.24, 2.45) is 18.9 Å². The molecule has 3 aliphatic rings. The lowest BCUT2D eigenvalue weighted by molar-refractivity contribution is 0.0691. The number of aryl methyl sites for hydroxylation is 1. The Morgan fingerprint density at radius 3 is 2.52 bits per heavy atom. The van der Waals surface area contributed by atoms with E-state index in [4.69, 9.17) is 21.3 Å². The summed E-state index contributed by atoms with van der Waals surface area (Å²) in [6.45, 7) is 6.63. The number of likely N-dealkylation sites (tertiary alicyclic amines) is 1. The van der Waals surface area contributed by atoms with E-state index in [1.807, 2.05) is 26.0 Å². The Balaban J connectivity index is 1.27. The first-order valence-electron chi connectivity index (χ1n) is 13.5. The number of hydrogen-bond acceptors (Lipinski definition) is 8. The van der Waals surface area contributed by atoms with Crippen LogP contribution in [0.5, 0.6) is 0 Å². The monoisotopic (exact) mass is 566 g/mol. The van der Waals surface area contributed by atoms with Crippen molar-refractivity contribution in [3.8, 4) is 0 Å². The van der Waals surface area contributed by atoms with Crippen molar-refractivity contribution < 1.29 is 19.4 Å². The van der Waals surface area contributed by atoms with Crippen molar-refractivity contribution >= 4 is 46.2 Å². The molecular formula is C28H31ClN6O5. The molecule has 1 amide bonds. The fraction of sp³-hybridized carbons (Fsp3) is 0.464. The van der Waals surface area contributed by atoms with Crippen LogP contribution in [0.4, 0.5) is 16.4 Å². The molecule has 1 unspecified atom stereocenters. The Morgan fingerprint density at radius 2 is 1.85 bits per heavy atom. The second-order valence-corrected chi connectivity index (χ2v) is 11.4. The predicted octanol–water partition coefficient (Wildman–Crippen LogP) is 3.83. The topological polar surface area (TPSA) is 130 Å². The number of rotatable bonds is 6. The number of piperidine rings is 1. The molecule has 1 aliphatic carbocycles. The minimum absolute atomic E-state index is 0.0827. The van der Waals surface area contributed by atoms with Gasteiger partial charge in [0.25, 0.3) is 5.56 Å². The maximum Gasteiger partial charge on any atom is 0.410 e. The number of amides is 1. The maximum absolute atomic E-state index is 13.5. The number of carbonyl (C=O) groups is 2. The SMILES string of the molecule is Cc1cc([C@H](C)Nc2ccc(Cl)nc2C(=O)O)c2nc(N3C[C@@H]4C(OC(=O)N5CCCC5)[C@@H]4C3)n(C)c(=O)c2c1. The molecule has 40 heavy (non-hydrogen) atoms. The summed E-state index contributed by atoms with van der Waals surface area (Å²) in [5.74, 6) is -0.184. The molecule has 1 aromatic carbocycles. The van der Waals surface area contributed by atoms with E-state index < -0.39 is 12.0 Å². The number of pyridine rings is 1. The smallest absolute Gasteiger partial charge is 0.410 e. The first kappa shape index (κ1) is 26.4. The molecule has 2 aromatic heterocycles. The predicted molar refractivity (Wildman–Crippen MR) is 150 cm³/mol. The molecule has 12 heteroatoms. The van der Waals surface area contributed by atoms with Gasteiger partial charge in [-0.15, -0.1) is 0 Å². The Labute approximate surface area is 235 Å². The molecule has 11 nitrogen and oxygen atoms in total. The third-order valence-electron chi connectivity index (χ3n) is 8.23. The van der Waals surface area contributed by atoms with Crippen molar-refractivity contribution in [2.75, 3.05) is 36.4 Å². The van der Waals surface area contributed by atoms with E-state index in [-0.39, 0.29) is 40.4 Å². The van der Waals surface area contributed by atoms with Crippen LogP contribution < -0.4 is 15.8 Å². The van der Waals surface area contributed by atoms with Crippen LogP contribution in [0.2, 0.25) is 5.15 Å². The lowest BCUT2D eigenvalue weighted by atomic mass is 10.0. The molecule has 2 saturated heterocycles. The second-order valence-electron chi connectivity index (χ2n) is 11.0. The van der Waals surface area contributed by atoms with Gasteiger partial charge in [0.2, 0.25) is 5.95 Å². The van der Waals surface area contributed by atoms with Crippen molar-refractivity contribution in [3.05, 3.63) is 56.6 Å². The summed E-state index contributed by atoms with van der Waals surface area (Å²) in [4.78, 5) is 50.5. The molecule has 3 fully saturated rings. The van der Waals surface area contributed by atoms with Gasteiger partial charge in [0, 0.05) is 50.6 Å². The van der Waals surface area contributed by atoms with Crippen molar-refractivity contribution in [2.45, 2.75) is 38.8 Å². The zero-order valence-electron chi connectivity index (χ0n) is 22.6. The highest BCUT2D eigenvalue weighted by atomic mass is 35.5. The number of hydrogen-bond donors (Lipinski definition) is 2. The Morgan fingerprint density at radius 1 is 1.15 bits per heavy atom. The second kappa shape index (κ2) is 9.96. The summed E-state index contributed by atoms with van der Waals surface area (Å²) < 4.78 is 7.36.